The average Bonchev–Trinajstić information content (AvgIpc) is 2.61. The van der Waals surface area contributed by atoms with Crippen LogP contribution in [0.15, 0.2) is 0 Å². The van der Waals surface area contributed by atoms with Crippen LogP contribution in [-0.2, 0) is 9.53 Å². The number of nitrogens with zero attached hydrogens (tertiary/aromatic N) is 1. The molecule has 2 aliphatic heterocycles. The van der Waals surface area contributed by atoms with Gasteiger partial charge in [-0.25, -0.2) is 0 Å². The summed E-state index contributed by atoms with van der Waals surface area (Å²) in [4.78, 5) is 14.4. The zero-order valence-corrected chi connectivity index (χ0v) is 10.8. The fraction of sp³-hybridized carbons (Fsp3) is 0.923. The third kappa shape index (κ3) is 1.86. The molecule has 16 heavy (non-hydrogen) atoms. The molecule has 2 fully saturated rings. The lowest BCUT2D eigenvalue weighted by Gasteiger charge is -2.39. The predicted molar refractivity (Wildman–Crippen MR) is 62.8 cm³/mol. The van der Waals surface area contributed by atoms with Crippen molar-refractivity contribution in [2.75, 3.05) is 6.61 Å². The van der Waals surface area contributed by atoms with Gasteiger partial charge in [-0.2, -0.15) is 0 Å². The van der Waals surface area contributed by atoms with Gasteiger partial charge in [0, 0.05) is 5.92 Å². The number of ether oxygens (including phenoxy) is 1. The Morgan fingerprint density at radius 1 is 1.19 bits per heavy atom. The summed E-state index contributed by atoms with van der Waals surface area (Å²) in [5, 5.41) is 0. The van der Waals surface area contributed by atoms with Gasteiger partial charge in [-0.3, -0.25) is 4.79 Å². The summed E-state index contributed by atoms with van der Waals surface area (Å²) in [6.07, 6.45) is 2.07. The molecule has 3 atom stereocenters. The van der Waals surface area contributed by atoms with Gasteiger partial charge in [0.15, 0.2) is 0 Å². The Kier molecular flexibility index (Phi) is 3.24. The average molecular weight is 225 g/mol. The molecule has 3 nitrogen and oxygen atoms in total. The van der Waals surface area contributed by atoms with Crippen molar-refractivity contribution >= 4 is 5.91 Å². The summed E-state index contributed by atoms with van der Waals surface area (Å²) in [5.41, 5.74) is 0. The Labute approximate surface area is 98.1 Å². The lowest BCUT2D eigenvalue weighted by atomic mass is 9.85. The first kappa shape index (κ1) is 11.9. The van der Waals surface area contributed by atoms with E-state index >= 15 is 0 Å². The standard InChI is InChI=1S/C13H23NO2/c1-8(2)10-5-6-12-14(13(10)15)11(7-16-12)9(3)4/h8-12H,5-7H2,1-4H3/t10-,11+,12-/m1/s1. The molecule has 92 valence electrons. The molecule has 2 heterocycles. The highest BCUT2D eigenvalue weighted by atomic mass is 16.5. The van der Waals surface area contributed by atoms with E-state index in [0.717, 1.165) is 19.4 Å². The summed E-state index contributed by atoms with van der Waals surface area (Å²) < 4.78 is 5.73. The monoisotopic (exact) mass is 225 g/mol. The number of hydrogen-bond acceptors (Lipinski definition) is 2. The van der Waals surface area contributed by atoms with E-state index in [1.807, 2.05) is 4.90 Å². The number of piperidine rings is 1. The van der Waals surface area contributed by atoms with Crippen molar-refractivity contribution in [2.45, 2.75) is 52.8 Å². The van der Waals surface area contributed by atoms with Crippen molar-refractivity contribution < 1.29 is 9.53 Å². The van der Waals surface area contributed by atoms with Gasteiger partial charge in [-0.15, -0.1) is 0 Å². The fourth-order valence-corrected chi connectivity index (χ4v) is 2.88. The zero-order valence-electron chi connectivity index (χ0n) is 10.8. The van der Waals surface area contributed by atoms with Crippen molar-refractivity contribution in [3.8, 4) is 0 Å². The van der Waals surface area contributed by atoms with Gasteiger partial charge in [-0.1, -0.05) is 27.7 Å². The van der Waals surface area contributed by atoms with E-state index < -0.39 is 0 Å². The summed E-state index contributed by atoms with van der Waals surface area (Å²) in [6, 6.07) is 0.291. The maximum absolute atomic E-state index is 12.4. The quantitative estimate of drug-likeness (QED) is 0.721. The maximum Gasteiger partial charge on any atom is 0.228 e. The first-order valence-electron chi connectivity index (χ1n) is 6.46. The van der Waals surface area contributed by atoms with E-state index in [-0.39, 0.29) is 12.1 Å². The van der Waals surface area contributed by atoms with E-state index in [4.69, 9.17) is 4.74 Å². The summed E-state index contributed by atoms with van der Waals surface area (Å²) in [7, 11) is 0. The second-order valence-corrected chi connectivity index (χ2v) is 5.77. The highest BCUT2D eigenvalue weighted by molar-refractivity contribution is 5.80. The van der Waals surface area contributed by atoms with Gasteiger partial charge >= 0.3 is 0 Å². The molecular weight excluding hydrogens is 202 g/mol. The number of carbonyl (C=O) groups excluding carboxylic acids is 1. The molecule has 0 aromatic carbocycles. The smallest absolute Gasteiger partial charge is 0.228 e. The largest absolute Gasteiger partial charge is 0.356 e. The molecule has 0 spiro atoms. The van der Waals surface area contributed by atoms with Gasteiger partial charge < -0.3 is 9.64 Å². The molecule has 0 unspecified atom stereocenters. The third-order valence-corrected chi connectivity index (χ3v) is 4.00. The van der Waals surface area contributed by atoms with Crippen LogP contribution in [0.5, 0.6) is 0 Å². The second kappa shape index (κ2) is 4.36. The second-order valence-electron chi connectivity index (χ2n) is 5.77. The first-order chi connectivity index (χ1) is 7.52. The van der Waals surface area contributed by atoms with Crippen molar-refractivity contribution in [1.82, 2.24) is 4.90 Å². The molecule has 0 aromatic rings. The summed E-state index contributed by atoms with van der Waals surface area (Å²) in [6.45, 7) is 9.35. The van der Waals surface area contributed by atoms with Crippen LogP contribution in [0.4, 0.5) is 0 Å². The Bertz CT molecular complexity index is 275. The van der Waals surface area contributed by atoms with Crippen molar-refractivity contribution in [3.63, 3.8) is 0 Å². The number of hydrogen-bond donors (Lipinski definition) is 0. The van der Waals surface area contributed by atoms with Crippen molar-refractivity contribution in [2.24, 2.45) is 17.8 Å². The first-order valence-corrected chi connectivity index (χ1v) is 6.46. The van der Waals surface area contributed by atoms with E-state index in [2.05, 4.69) is 27.7 Å². The topological polar surface area (TPSA) is 29.5 Å². The van der Waals surface area contributed by atoms with Crippen LogP contribution in [0.25, 0.3) is 0 Å². The molecule has 2 saturated heterocycles. The molecule has 0 bridgehead atoms. The normalized spacial score (nSPS) is 35.0. The van der Waals surface area contributed by atoms with E-state index in [0.29, 0.717) is 23.8 Å². The molecule has 0 aliphatic carbocycles. The van der Waals surface area contributed by atoms with Crippen LogP contribution in [0.3, 0.4) is 0 Å². The van der Waals surface area contributed by atoms with Crippen LogP contribution >= 0.6 is 0 Å². The fourth-order valence-electron chi connectivity index (χ4n) is 2.88. The van der Waals surface area contributed by atoms with Gasteiger partial charge in [0.1, 0.15) is 6.23 Å². The van der Waals surface area contributed by atoms with E-state index in [1.54, 1.807) is 0 Å². The lowest BCUT2D eigenvalue weighted by molar-refractivity contribution is -0.150. The van der Waals surface area contributed by atoms with Crippen LogP contribution in [-0.4, -0.2) is 29.7 Å². The van der Waals surface area contributed by atoms with Crippen LogP contribution in [0, 0.1) is 17.8 Å². The van der Waals surface area contributed by atoms with Crippen LogP contribution in [0.2, 0.25) is 0 Å². The van der Waals surface area contributed by atoms with Crippen LogP contribution in [0.1, 0.15) is 40.5 Å². The third-order valence-electron chi connectivity index (χ3n) is 4.00. The molecule has 3 heteroatoms. The van der Waals surface area contributed by atoms with Gasteiger partial charge in [0.05, 0.1) is 12.6 Å². The molecule has 0 radical (unpaired) electrons. The predicted octanol–water partition coefficient (Wildman–Crippen LogP) is 2.26. The minimum Gasteiger partial charge on any atom is -0.356 e. The highest BCUT2D eigenvalue weighted by Crippen LogP contribution is 2.35. The minimum absolute atomic E-state index is 0.0647. The summed E-state index contributed by atoms with van der Waals surface area (Å²) >= 11 is 0. The molecule has 0 saturated carbocycles. The SMILES string of the molecule is CC(C)[C@H]1CC[C@H]2OC[C@@H](C(C)C)N2C1=O. The zero-order chi connectivity index (χ0) is 11.9. The molecule has 1 amide bonds. The summed E-state index contributed by atoms with van der Waals surface area (Å²) in [5.74, 6) is 1.46. The van der Waals surface area contributed by atoms with Crippen molar-refractivity contribution in [1.29, 1.82) is 0 Å². The van der Waals surface area contributed by atoms with Gasteiger partial charge in [0.25, 0.3) is 0 Å². The molecular formula is C13H23NO2. The Morgan fingerprint density at radius 2 is 1.88 bits per heavy atom. The van der Waals surface area contributed by atoms with Gasteiger partial charge in [-0.05, 0) is 24.7 Å². The highest BCUT2D eigenvalue weighted by Gasteiger charge is 2.45. The lowest BCUT2D eigenvalue weighted by Crippen LogP contribution is -2.51. The Balaban J connectivity index is 2.16. The number of amides is 1. The minimum atomic E-state index is 0.0647. The molecule has 0 N–H and O–H groups in total. The number of fused-ring (bicyclic) bond motifs is 1. The van der Waals surface area contributed by atoms with E-state index in [1.165, 1.54) is 0 Å². The maximum atomic E-state index is 12.4. The Morgan fingerprint density at radius 3 is 2.44 bits per heavy atom. The number of carbonyl (C=O) groups is 1. The Hall–Kier alpha value is -0.570. The van der Waals surface area contributed by atoms with Gasteiger partial charge in [0.2, 0.25) is 5.91 Å². The molecule has 2 rings (SSSR count). The van der Waals surface area contributed by atoms with E-state index in [9.17, 15) is 4.79 Å². The van der Waals surface area contributed by atoms with Crippen LogP contribution < -0.4 is 0 Å². The molecule has 0 aromatic heterocycles. The number of rotatable bonds is 2. The molecule has 2 aliphatic rings. The van der Waals surface area contributed by atoms with Crippen molar-refractivity contribution in [3.05, 3.63) is 0 Å².